The fraction of sp³-hybridized carbons (Fsp3) is 1.00. The van der Waals surface area contributed by atoms with Crippen LogP contribution in [-0.4, -0.2) is 124 Å². The first-order valence-corrected chi connectivity index (χ1v) is 27.9. The van der Waals surface area contributed by atoms with Crippen LogP contribution in [0.5, 0.6) is 0 Å². The summed E-state index contributed by atoms with van der Waals surface area (Å²) in [5, 5.41) is 0. The first kappa shape index (κ1) is 104. The second-order valence-corrected chi connectivity index (χ2v) is 36.3. The van der Waals surface area contributed by atoms with Gasteiger partial charge in [-0.25, -0.2) is 0 Å². The van der Waals surface area contributed by atoms with Crippen LogP contribution in [0.3, 0.4) is 0 Å². The maximum atomic E-state index is 5.36. The van der Waals surface area contributed by atoms with E-state index in [1.807, 2.05) is 0 Å². The van der Waals surface area contributed by atoms with Crippen molar-refractivity contribution in [3.05, 3.63) is 0 Å². The molecule has 0 atom stereocenters. The highest BCUT2D eigenvalue weighted by atomic mass is 28.3. The zero-order valence-electron chi connectivity index (χ0n) is 30.8. The molecule has 0 bridgehead atoms. The molecular formula is C24H92N4O12Si4. The van der Waals surface area contributed by atoms with Crippen molar-refractivity contribution >= 4 is 32.3 Å². The van der Waals surface area contributed by atoms with Crippen LogP contribution in [0.4, 0.5) is 0 Å². The summed E-state index contributed by atoms with van der Waals surface area (Å²) >= 11 is 0. The molecule has 0 unspecified atom stereocenters. The topological polar surface area (TPSA) is 482 Å². The molecule has 0 aromatic heterocycles. The van der Waals surface area contributed by atoms with Crippen molar-refractivity contribution in [2.24, 2.45) is 22.9 Å². The minimum Gasteiger partial charge on any atom is -0.412 e. The third-order valence-electron chi connectivity index (χ3n) is 4.52. The third-order valence-corrected chi connectivity index (χ3v) is 11.9. The van der Waals surface area contributed by atoms with E-state index in [1.165, 1.54) is 49.9 Å². The highest BCUT2D eigenvalue weighted by Crippen LogP contribution is 2.11. The Morgan fingerprint density at radius 2 is 0.341 bits per heavy atom. The smallest absolute Gasteiger partial charge is 0.0443 e. The van der Waals surface area contributed by atoms with Gasteiger partial charge in [0.1, 0.15) is 0 Å². The van der Waals surface area contributed by atoms with Crippen molar-refractivity contribution in [3.63, 3.8) is 0 Å². The SMILES string of the molecule is C[Si](C)(C)CCCN.C[Si](C)(C)CCCN.C[Si](C)(C)CCCN.C[Si](C)(C)CCCN.O.O.O.O.O.O.O.O.O.O.O.O. The molecule has 0 aliphatic carbocycles. The van der Waals surface area contributed by atoms with Gasteiger partial charge in [0.2, 0.25) is 0 Å². The van der Waals surface area contributed by atoms with E-state index in [0.717, 1.165) is 26.2 Å². The van der Waals surface area contributed by atoms with Gasteiger partial charge in [-0.05, 0) is 51.9 Å². The summed E-state index contributed by atoms with van der Waals surface area (Å²) in [6.07, 6.45) is 4.87. The number of rotatable bonds is 12. The second kappa shape index (κ2) is 58.7. The van der Waals surface area contributed by atoms with Crippen molar-refractivity contribution in [2.75, 3.05) is 26.2 Å². The molecule has 44 heavy (non-hydrogen) atoms. The first-order chi connectivity index (χ1) is 14.2. The lowest BCUT2D eigenvalue weighted by atomic mass is 10.5. The fourth-order valence-corrected chi connectivity index (χ4v) is 7.59. The first-order valence-electron chi connectivity index (χ1n) is 13.0. The fourth-order valence-electron chi connectivity index (χ4n) is 2.53. The molecule has 0 heterocycles. The van der Waals surface area contributed by atoms with Crippen LogP contribution < -0.4 is 22.9 Å². The van der Waals surface area contributed by atoms with Gasteiger partial charge < -0.3 is 88.6 Å². The Morgan fingerprint density at radius 3 is 0.364 bits per heavy atom. The van der Waals surface area contributed by atoms with Crippen LogP contribution in [0.25, 0.3) is 0 Å². The van der Waals surface area contributed by atoms with Gasteiger partial charge in [0.15, 0.2) is 0 Å². The zero-order chi connectivity index (χ0) is 26.5. The van der Waals surface area contributed by atoms with Gasteiger partial charge in [0.05, 0.1) is 0 Å². The highest BCUT2D eigenvalue weighted by molar-refractivity contribution is 6.77. The molecule has 0 fully saturated rings. The third kappa shape index (κ3) is 175. The molecule has 0 aliphatic heterocycles. The molecule has 0 aromatic carbocycles. The molecule has 20 heteroatoms. The van der Waals surface area contributed by atoms with E-state index in [0.29, 0.717) is 0 Å². The molecule has 16 nitrogen and oxygen atoms in total. The van der Waals surface area contributed by atoms with E-state index in [1.54, 1.807) is 0 Å². The van der Waals surface area contributed by atoms with Crippen LogP contribution >= 0.6 is 0 Å². The maximum Gasteiger partial charge on any atom is 0.0443 e. The minimum absolute atomic E-state index is 0. The van der Waals surface area contributed by atoms with E-state index >= 15 is 0 Å². The predicted molar refractivity (Wildman–Crippen MR) is 211 cm³/mol. The molecule has 0 saturated carbocycles. The van der Waals surface area contributed by atoms with Crippen molar-refractivity contribution in [1.29, 1.82) is 0 Å². The Kier molecular flexibility index (Phi) is 138. The number of hydrogen-bond donors (Lipinski definition) is 4. The van der Waals surface area contributed by atoms with Crippen LogP contribution in [0.1, 0.15) is 25.7 Å². The average molecular weight is 741 g/mol. The van der Waals surface area contributed by atoms with Gasteiger partial charge in [-0.1, -0.05) is 103 Å². The van der Waals surface area contributed by atoms with Gasteiger partial charge in [-0.3, -0.25) is 0 Å². The molecular weight excluding hydrogens is 649 g/mol. The Labute approximate surface area is 275 Å². The Morgan fingerprint density at radius 1 is 0.250 bits per heavy atom. The lowest BCUT2D eigenvalue weighted by Gasteiger charge is -2.13. The summed E-state index contributed by atoms with van der Waals surface area (Å²) in [5.41, 5.74) is 21.4. The van der Waals surface area contributed by atoms with E-state index < -0.39 is 32.3 Å². The molecule has 0 saturated heterocycles. The van der Waals surface area contributed by atoms with Gasteiger partial charge in [0, 0.05) is 32.3 Å². The Bertz CT molecular complexity index is 333. The van der Waals surface area contributed by atoms with Crippen molar-refractivity contribution < 1.29 is 65.7 Å². The summed E-state index contributed by atoms with van der Waals surface area (Å²) in [5.74, 6) is 0. The van der Waals surface area contributed by atoms with E-state index in [2.05, 4.69) is 78.6 Å². The van der Waals surface area contributed by atoms with Crippen molar-refractivity contribution in [2.45, 2.75) is 128 Å². The summed E-state index contributed by atoms with van der Waals surface area (Å²) in [6.45, 7) is 32.0. The molecule has 0 spiro atoms. The van der Waals surface area contributed by atoms with E-state index in [9.17, 15) is 0 Å². The number of hydrogen-bond acceptors (Lipinski definition) is 4. The van der Waals surface area contributed by atoms with E-state index in [-0.39, 0.29) is 65.7 Å². The summed E-state index contributed by atoms with van der Waals surface area (Å²) in [7, 11) is -3.03. The van der Waals surface area contributed by atoms with Crippen LogP contribution in [0.15, 0.2) is 0 Å². The lowest BCUT2D eigenvalue weighted by molar-refractivity contribution is 0.823. The predicted octanol–water partition coefficient (Wildman–Crippen LogP) is -3.20. The monoisotopic (exact) mass is 741 g/mol. The van der Waals surface area contributed by atoms with Crippen LogP contribution in [0, 0.1) is 0 Å². The van der Waals surface area contributed by atoms with Crippen LogP contribution in [-0.2, 0) is 0 Å². The zero-order valence-corrected chi connectivity index (χ0v) is 34.8. The molecule has 0 aromatic rings. The standard InChI is InChI=1S/4C6H17NSi.12H2O/c4*1-8(2,3)6-4-5-7;;;;;;;;;;;;/h4*4-7H2,1-3H3;12*1H2. The molecule has 32 N–H and O–H groups in total. The summed E-state index contributed by atoms with van der Waals surface area (Å²) in [4.78, 5) is 0. The molecule has 0 aliphatic rings. The molecule has 0 amide bonds. The van der Waals surface area contributed by atoms with Crippen LogP contribution in [0.2, 0.25) is 103 Å². The maximum absolute atomic E-state index is 5.36. The van der Waals surface area contributed by atoms with Gasteiger partial charge in [-0.2, -0.15) is 0 Å². The second-order valence-electron chi connectivity index (χ2n) is 13.8. The minimum atomic E-state index is -0.758. The van der Waals surface area contributed by atoms with Crippen molar-refractivity contribution in [1.82, 2.24) is 0 Å². The van der Waals surface area contributed by atoms with Gasteiger partial charge in [0.25, 0.3) is 0 Å². The molecule has 0 rings (SSSR count). The highest BCUT2D eigenvalue weighted by Gasteiger charge is 2.12. The quantitative estimate of drug-likeness (QED) is 0.150. The average Bonchev–Trinajstić information content (AvgIpc) is 2.60. The van der Waals surface area contributed by atoms with E-state index in [4.69, 9.17) is 22.9 Å². The Balaban J connectivity index is -0.0000000156. The van der Waals surface area contributed by atoms with Gasteiger partial charge in [-0.15, -0.1) is 0 Å². The molecule has 0 radical (unpaired) electrons. The molecule has 296 valence electrons. The lowest BCUT2D eigenvalue weighted by Crippen LogP contribution is -2.20. The summed E-state index contributed by atoms with van der Waals surface area (Å²) < 4.78 is 0. The van der Waals surface area contributed by atoms with Gasteiger partial charge >= 0.3 is 0 Å². The normalized spacial score (nSPS) is 8.73. The summed E-state index contributed by atoms with van der Waals surface area (Å²) in [6, 6.07) is 5.51. The van der Waals surface area contributed by atoms with Crippen molar-refractivity contribution in [3.8, 4) is 0 Å². The largest absolute Gasteiger partial charge is 0.412 e. The Hall–Kier alpha value is 0.228. The number of nitrogens with two attached hydrogens (primary N) is 4.